The fraction of sp³-hybridized carbons (Fsp3) is 0.250. The van der Waals surface area contributed by atoms with Gasteiger partial charge in [0.25, 0.3) is 5.63 Å². The summed E-state index contributed by atoms with van der Waals surface area (Å²) in [7, 11) is 0. The third-order valence-electron chi connectivity index (χ3n) is 1.55. The number of ether oxygens (including phenoxy) is 1. The molecule has 1 atom stereocenters. The van der Waals surface area contributed by atoms with Gasteiger partial charge in [0.05, 0.1) is 15.7 Å². The summed E-state index contributed by atoms with van der Waals surface area (Å²) in [6, 6.07) is 2.06. The molecule has 0 fully saturated rings. The van der Waals surface area contributed by atoms with Crippen LogP contribution in [-0.2, 0) is 0 Å². The summed E-state index contributed by atoms with van der Waals surface area (Å²) >= 11 is 15.7. The van der Waals surface area contributed by atoms with Crippen LogP contribution < -0.4 is 10.5 Å². The molecule has 0 heterocycles. The van der Waals surface area contributed by atoms with Gasteiger partial charge in [-0.15, -0.1) is 0 Å². The molecule has 1 aromatic rings. The molecule has 0 radical (unpaired) electrons. The highest BCUT2D eigenvalue weighted by molar-refractivity contribution is 6.36. The molecule has 2 N–H and O–H groups in total. The Kier molecular flexibility index (Phi) is 4.04. The number of anilines is 1. The van der Waals surface area contributed by atoms with Crippen LogP contribution in [0.2, 0.25) is 10.0 Å². The number of alkyl halides is 4. The van der Waals surface area contributed by atoms with Crippen molar-refractivity contribution in [2.24, 2.45) is 0 Å². The number of nitrogens with two attached hydrogens (primary N) is 1. The van der Waals surface area contributed by atoms with Crippen molar-refractivity contribution in [3.05, 3.63) is 22.2 Å². The van der Waals surface area contributed by atoms with E-state index in [4.69, 9.17) is 28.9 Å². The molecule has 0 saturated carbocycles. The Hall–Kier alpha value is -0.520. The van der Waals surface area contributed by atoms with Crippen LogP contribution in [0.3, 0.4) is 0 Å². The first-order chi connectivity index (χ1) is 7.24. The van der Waals surface area contributed by atoms with Gasteiger partial charge in [0.15, 0.2) is 0 Å². The van der Waals surface area contributed by atoms with E-state index in [1.807, 2.05) is 0 Å². The van der Waals surface area contributed by atoms with Gasteiger partial charge >= 0.3 is 6.11 Å². The van der Waals surface area contributed by atoms with Gasteiger partial charge in [-0.25, -0.2) is 4.39 Å². The van der Waals surface area contributed by atoms with Gasteiger partial charge in [-0.05, 0) is 6.07 Å². The summed E-state index contributed by atoms with van der Waals surface area (Å²) in [4.78, 5) is 0. The standard InChI is InChI=1S/C8H5Cl3F3NO/c9-3-2-6(4(10)1-5(3)15)16-8(13,14)7(11)12/h1-2,7H,15H2. The van der Waals surface area contributed by atoms with Crippen molar-refractivity contribution in [2.75, 3.05) is 5.73 Å². The predicted octanol–water partition coefficient (Wildman–Crippen LogP) is 4.08. The summed E-state index contributed by atoms with van der Waals surface area (Å²) in [6.07, 6.45) is -4.20. The molecule has 0 amide bonds. The Bertz CT molecular complexity index is 400. The van der Waals surface area contributed by atoms with E-state index in [9.17, 15) is 13.2 Å². The number of hydrogen-bond acceptors (Lipinski definition) is 2. The number of nitrogen functional groups attached to an aromatic ring is 1. The third-order valence-corrected chi connectivity index (χ3v) is 2.43. The van der Waals surface area contributed by atoms with Gasteiger partial charge in [0.1, 0.15) is 5.75 Å². The summed E-state index contributed by atoms with van der Waals surface area (Å²) in [5.74, 6) is -0.505. The maximum Gasteiger partial charge on any atom is 0.444 e. The Morgan fingerprint density at radius 3 is 2.31 bits per heavy atom. The second kappa shape index (κ2) is 4.77. The smallest absolute Gasteiger partial charge is 0.428 e. The van der Waals surface area contributed by atoms with E-state index < -0.39 is 17.5 Å². The van der Waals surface area contributed by atoms with Crippen LogP contribution in [0.5, 0.6) is 5.75 Å². The van der Waals surface area contributed by atoms with E-state index in [1.54, 1.807) is 0 Å². The molecule has 2 nitrogen and oxygen atoms in total. The average Bonchev–Trinajstić information content (AvgIpc) is 2.13. The molecule has 0 aliphatic heterocycles. The van der Waals surface area contributed by atoms with Crippen molar-refractivity contribution < 1.29 is 17.9 Å². The SMILES string of the molecule is Nc1cc(Cl)c(OC(F)(F)C(F)Cl)cc1Cl. The summed E-state index contributed by atoms with van der Waals surface area (Å²) in [5.41, 5.74) is 2.44. The molecule has 1 rings (SSSR count). The zero-order valence-electron chi connectivity index (χ0n) is 7.49. The quantitative estimate of drug-likeness (QED) is 0.673. The minimum Gasteiger partial charge on any atom is -0.428 e. The van der Waals surface area contributed by atoms with Crippen LogP contribution in [0.1, 0.15) is 0 Å². The van der Waals surface area contributed by atoms with E-state index in [0.717, 1.165) is 12.1 Å². The van der Waals surface area contributed by atoms with Crippen LogP contribution in [0.4, 0.5) is 18.9 Å². The Morgan fingerprint density at radius 2 is 1.81 bits per heavy atom. The molecule has 1 unspecified atom stereocenters. The van der Waals surface area contributed by atoms with E-state index in [1.165, 1.54) is 0 Å². The zero-order chi connectivity index (χ0) is 12.5. The van der Waals surface area contributed by atoms with Gasteiger partial charge in [0, 0.05) is 6.07 Å². The topological polar surface area (TPSA) is 35.2 Å². The Balaban J connectivity index is 3.02. The molecule has 16 heavy (non-hydrogen) atoms. The zero-order valence-corrected chi connectivity index (χ0v) is 9.75. The normalized spacial score (nSPS) is 13.6. The van der Waals surface area contributed by atoms with Crippen LogP contribution in [0.25, 0.3) is 0 Å². The lowest BCUT2D eigenvalue weighted by atomic mass is 10.3. The third kappa shape index (κ3) is 2.99. The predicted molar refractivity (Wildman–Crippen MR) is 57.2 cm³/mol. The first-order valence-corrected chi connectivity index (χ1v) is 5.03. The van der Waals surface area contributed by atoms with Crippen molar-refractivity contribution in [1.29, 1.82) is 0 Å². The molecular weight excluding hydrogens is 289 g/mol. The summed E-state index contributed by atoms with van der Waals surface area (Å²) in [5, 5.41) is -0.265. The highest BCUT2D eigenvalue weighted by Gasteiger charge is 2.42. The lowest BCUT2D eigenvalue weighted by Gasteiger charge is -2.18. The van der Waals surface area contributed by atoms with E-state index in [2.05, 4.69) is 16.3 Å². The molecule has 0 spiro atoms. The molecule has 90 valence electrons. The second-order valence-corrected chi connectivity index (χ2v) is 3.97. The average molecular weight is 294 g/mol. The van der Waals surface area contributed by atoms with E-state index >= 15 is 0 Å². The first kappa shape index (κ1) is 13.5. The number of hydrogen-bond donors (Lipinski definition) is 1. The minimum atomic E-state index is -4.20. The van der Waals surface area contributed by atoms with Gasteiger partial charge in [-0.3, -0.25) is 0 Å². The van der Waals surface area contributed by atoms with Crippen LogP contribution in [0, 0.1) is 0 Å². The van der Waals surface area contributed by atoms with E-state index in [0.29, 0.717) is 0 Å². The summed E-state index contributed by atoms with van der Waals surface area (Å²) in [6.45, 7) is 0. The highest BCUT2D eigenvalue weighted by atomic mass is 35.5. The van der Waals surface area contributed by atoms with Crippen LogP contribution >= 0.6 is 34.8 Å². The largest absolute Gasteiger partial charge is 0.444 e. The lowest BCUT2D eigenvalue weighted by Crippen LogP contribution is -2.32. The monoisotopic (exact) mass is 293 g/mol. The molecule has 0 aliphatic carbocycles. The van der Waals surface area contributed by atoms with Crippen molar-refractivity contribution in [3.63, 3.8) is 0 Å². The second-order valence-electron chi connectivity index (χ2n) is 2.77. The van der Waals surface area contributed by atoms with Crippen molar-refractivity contribution >= 4 is 40.5 Å². The fourth-order valence-electron chi connectivity index (χ4n) is 0.813. The molecular formula is C8H5Cl3F3NO. The fourth-order valence-corrected chi connectivity index (χ4v) is 1.22. The molecule has 0 saturated heterocycles. The van der Waals surface area contributed by atoms with Gasteiger partial charge in [-0.1, -0.05) is 34.8 Å². The van der Waals surface area contributed by atoms with Crippen molar-refractivity contribution in [1.82, 2.24) is 0 Å². The number of benzene rings is 1. The van der Waals surface area contributed by atoms with Crippen molar-refractivity contribution in [2.45, 2.75) is 11.7 Å². The molecule has 0 aliphatic rings. The van der Waals surface area contributed by atoms with E-state index in [-0.39, 0.29) is 15.7 Å². The van der Waals surface area contributed by atoms with Gasteiger partial charge in [0.2, 0.25) is 0 Å². The summed E-state index contributed by atoms with van der Waals surface area (Å²) < 4.78 is 41.8. The maximum atomic E-state index is 12.8. The van der Waals surface area contributed by atoms with Gasteiger partial charge in [-0.2, -0.15) is 8.78 Å². The number of rotatable bonds is 3. The molecule has 0 aromatic heterocycles. The lowest BCUT2D eigenvalue weighted by molar-refractivity contribution is -0.198. The molecule has 8 heteroatoms. The molecule has 0 bridgehead atoms. The minimum absolute atomic E-state index is 0.0415. The molecule has 1 aromatic carbocycles. The van der Waals surface area contributed by atoms with Crippen LogP contribution in [-0.4, -0.2) is 11.7 Å². The van der Waals surface area contributed by atoms with Crippen molar-refractivity contribution in [3.8, 4) is 5.75 Å². The maximum absolute atomic E-state index is 12.8. The number of halogens is 6. The Labute approximate surface area is 104 Å². The first-order valence-electron chi connectivity index (χ1n) is 3.83. The Morgan fingerprint density at radius 1 is 1.25 bits per heavy atom. The van der Waals surface area contributed by atoms with Gasteiger partial charge < -0.3 is 10.5 Å². The van der Waals surface area contributed by atoms with Crippen LogP contribution in [0.15, 0.2) is 12.1 Å². The highest BCUT2D eigenvalue weighted by Crippen LogP contribution is 2.37.